The molecule has 0 atom stereocenters. The first kappa shape index (κ1) is 18.2. The molecule has 1 amide bonds. The molecule has 0 bridgehead atoms. The van der Waals surface area contributed by atoms with E-state index in [2.05, 4.69) is 15.8 Å². The summed E-state index contributed by atoms with van der Waals surface area (Å²) < 4.78 is 0. The zero-order chi connectivity index (χ0) is 18.4. The van der Waals surface area contributed by atoms with E-state index in [1.54, 1.807) is 18.2 Å². The molecule has 7 nitrogen and oxygen atoms in total. The maximum absolute atomic E-state index is 12.1. The molecule has 1 fully saturated rings. The van der Waals surface area contributed by atoms with Crippen LogP contribution in [-0.2, 0) is 4.79 Å². The largest absolute Gasteiger partial charge is 0.297 e. The first-order chi connectivity index (χ1) is 12.6. The summed E-state index contributed by atoms with van der Waals surface area (Å²) in [6.07, 6.45) is 2.27. The Morgan fingerprint density at radius 1 is 1.08 bits per heavy atom. The molecule has 8 heteroatoms. The molecule has 1 saturated heterocycles. The van der Waals surface area contributed by atoms with Gasteiger partial charge in [0.2, 0.25) is 0 Å². The number of carbonyl (C=O) groups excluding carboxylic acids is 1. The summed E-state index contributed by atoms with van der Waals surface area (Å²) in [5.41, 5.74) is 6.41. The Hall–Kier alpha value is -2.58. The fourth-order valence-electron chi connectivity index (χ4n) is 2.79. The van der Waals surface area contributed by atoms with E-state index < -0.39 is 4.92 Å². The Labute approximate surface area is 155 Å². The molecular formula is C18H20N4O3S. The van der Waals surface area contributed by atoms with E-state index in [0.29, 0.717) is 17.1 Å². The summed E-state index contributed by atoms with van der Waals surface area (Å²) in [5, 5.41) is 11.2. The smallest absolute Gasteiger partial charge is 0.283 e. The number of amides is 1. The third kappa shape index (κ3) is 4.74. The normalized spacial score (nSPS) is 14.2. The van der Waals surface area contributed by atoms with Crippen molar-refractivity contribution in [2.24, 2.45) is 0 Å². The van der Waals surface area contributed by atoms with Gasteiger partial charge in [-0.05, 0) is 44.1 Å². The molecule has 0 aliphatic carbocycles. The highest BCUT2D eigenvalue weighted by atomic mass is 32.2. The van der Waals surface area contributed by atoms with Crippen LogP contribution in [0.2, 0.25) is 0 Å². The van der Waals surface area contributed by atoms with Crippen molar-refractivity contribution >= 4 is 29.0 Å². The molecule has 2 aromatic rings. The van der Waals surface area contributed by atoms with E-state index in [1.807, 2.05) is 24.3 Å². The number of hydrazine groups is 1. The van der Waals surface area contributed by atoms with Gasteiger partial charge in [-0.1, -0.05) is 36.0 Å². The number of hydrogen-bond donors (Lipinski definition) is 2. The third-order valence-electron chi connectivity index (χ3n) is 4.07. The quantitative estimate of drug-likeness (QED) is 0.573. The molecule has 0 saturated carbocycles. The Kier molecular flexibility index (Phi) is 6.08. The lowest BCUT2D eigenvalue weighted by molar-refractivity contribution is -0.387. The summed E-state index contributed by atoms with van der Waals surface area (Å²) in [6.45, 7) is 2.28. The Morgan fingerprint density at radius 2 is 1.73 bits per heavy atom. The maximum atomic E-state index is 12.1. The lowest BCUT2D eigenvalue weighted by atomic mass is 10.3. The minimum absolute atomic E-state index is 0.0605. The molecule has 0 aromatic heterocycles. The van der Waals surface area contributed by atoms with Gasteiger partial charge in [0.25, 0.3) is 11.6 Å². The fraction of sp³-hybridized carbons (Fsp3) is 0.278. The van der Waals surface area contributed by atoms with Crippen molar-refractivity contribution in [2.75, 3.05) is 25.1 Å². The fourth-order valence-corrected chi connectivity index (χ4v) is 3.80. The van der Waals surface area contributed by atoms with E-state index in [-0.39, 0.29) is 11.6 Å². The summed E-state index contributed by atoms with van der Waals surface area (Å²) in [7, 11) is 0. The van der Waals surface area contributed by atoms with Gasteiger partial charge in [-0.15, -0.1) is 0 Å². The first-order valence-electron chi connectivity index (χ1n) is 8.41. The van der Waals surface area contributed by atoms with Crippen LogP contribution in [0.5, 0.6) is 0 Å². The number of para-hydroxylation sites is 2. The van der Waals surface area contributed by atoms with Crippen LogP contribution in [-0.4, -0.2) is 35.4 Å². The average Bonchev–Trinajstić information content (AvgIpc) is 3.14. The Morgan fingerprint density at radius 3 is 2.46 bits per heavy atom. The number of benzene rings is 2. The van der Waals surface area contributed by atoms with Crippen LogP contribution in [0.4, 0.5) is 11.4 Å². The van der Waals surface area contributed by atoms with Gasteiger partial charge < -0.3 is 0 Å². The second kappa shape index (κ2) is 8.68. The molecule has 0 spiro atoms. The average molecular weight is 372 g/mol. The maximum Gasteiger partial charge on any atom is 0.283 e. The van der Waals surface area contributed by atoms with E-state index in [4.69, 9.17) is 0 Å². The molecule has 2 N–H and O–H groups in total. The lowest BCUT2D eigenvalue weighted by Gasteiger charge is -2.16. The molecular weight excluding hydrogens is 352 g/mol. The minimum Gasteiger partial charge on any atom is -0.297 e. The number of nitrogens with one attached hydrogen (secondary N) is 2. The number of likely N-dealkylation sites (tertiary alicyclic amines) is 1. The monoisotopic (exact) mass is 372 g/mol. The lowest BCUT2D eigenvalue weighted by Crippen LogP contribution is -2.38. The number of nitro groups is 1. The van der Waals surface area contributed by atoms with Crippen LogP contribution in [0.15, 0.2) is 58.3 Å². The second-order valence-electron chi connectivity index (χ2n) is 5.98. The van der Waals surface area contributed by atoms with Gasteiger partial charge >= 0.3 is 0 Å². The number of nitrogens with zero attached hydrogens (tertiary/aromatic N) is 2. The third-order valence-corrected chi connectivity index (χ3v) is 5.21. The van der Waals surface area contributed by atoms with Crippen LogP contribution < -0.4 is 10.9 Å². The van der Waals surface area contributed by atoms with Crippen molar-refractivity contribution in [3.63, 3.8) is 0 Å². The SMILES string of the molecule is O=C(CN1CCCC1)NNc1ccccc1Sc1ccccc1[N+](=O)[O-]. The topological polar surface area (TPSA) is 87.5 Å². The molecule has 3 rings (SSSR count). The standard InChI is InChI=1S/C18H20N4O3S/c23-18(13-21-11-5-6-12-21)20-19-14-7-1-3-9-16(14)26-17-10-4-2-8-15(17)22(24)25/h1-4,7-10,19H,5-6,11-13H2,(H,20,23). The number of rotatable bonds is 7. The van der Waals surface area contributed by atoms with Crippen molar-refractivity contribution in [1.29, 1.82) is 0 Å². The van der Waals surface area contributed by atoms with Crippen molar-refractivity contribution in [3.05, 3.63) is 58.6 Å². The van der Waals surface area contributed by atoms with Gasteiger partial charge in [-0.2, -0.15) is 0 Å². The van der Waals surface area contributed by atoms with E-state index in [1.165, 1.54) is 17.8 Å². The zero-order valence-corrected chi connectivity index (χ0v) is 15.0. The zero-order valence-electron chi connectivity index (χ0n) is 14.2. The number of hydrogen-bond acceptors (Lipinski definition) is 6. The van der Waals surface area contributed by atoms with Crippen molar-refractivity contribution in [1.82, 2.24) is 10.3 Å². The summed E-state index contributed by atoms with van der Waals surface area (Å²) >= 11 is 1.29. The summed E-state index contributed by atoms with van der Waals surface area (Å²) in [5.74, 6) is -0.0996. The number of nitro benzene ring substituents is 1. The van der Waals surface area contributed by atoms with Crippen LogP contribution >= 0.6 is 11.8 Å². The number of anilines is 1. The molecule has 1 aliphatic heterocycles. The van der Waals surface area contributed by atoms with E-state index >= 15 is 0 Å². The summed E-state index contributed by atoms with van der Waals surface area (Å²) in [6, 6.07) is 14.0. The molecule has 1 aliphatic rings. The Balaban J connectivity index is 1.66. The van der Waals surface area contributed by atoms with Crippen LogP contribution in [0.25, 0.3) is 0 Å². The van der Waals surface area contributed by atoms with Crippen LogP contribution in [0.1, 0.15) is 12.8 Å². The van der Waals surface area contributed by atoms with Crippen molar-refractivity contribution < 1.29 is 9.72 Å². The van der Waals surface area contributed by atoms with Crippen molar-refractivity contribution in [3.8, 4) is 0 Å². The van der Waals surface area contributed by atoms with E-state index in [0.717, 1.165) is 30.8 Å². The highest BCUT2D eigenvalue weighted by Gasteiger charge is 2.17. The van der Waals surface area contributed by atoms with Gasteiger partial charge in [0.1, 0.15) is 0 Å². The molecule has 136 valence electrons. The van der Waals surface area contributed by atoms with Gasteiger partial charge in [0.05, 0.1) is 22.1 Å². The van der Waals surface area contributed by atoms with Gasteiger partial charge in [0.15, 0.2) is 0 Å². The van der Waals surface area contributed by atoms with Crippen molar-refractivity contribution in [2.45, 2.75) is 22.6 Å². The number of carbonyl (C=O) groups is 1. The molecule has 2 aromatic carbocycles. The first-order valence-corrected chi connectivity index (χ1v) is 9.22. The molecule has 1 heterocycles. The predicted molar refractivity (Wildman–Crippen MR) is 101 cm³/mol. The van der Waals surface area contributed by atoms with Crippen LogP contribution in [0, 0.1) is 10.1 Å². The van der Waals surface area contributed by atoms with Gasteiger partial charge in [-0.3, -0.25) is 30.7 Å². The summed E-state index contributed by atoms with van der Waals surface area (Å²) in [4.78, 5) is 26.3. The second-order valence-corrected chi connectivity index (χ2v) is 7.06. The van der Waals surface area contributed by atoms with Gasteiger partial charge in [0, 0.05) is 11.0 Å². The Bertz CT molecular complexity index is 794. The van der Waals surface area contributed by atoms with Crippen LogP contribution in [0.3, 0.4) is 0 Å². The molecule has 26 heavy (non-hydrogen) atoms. The highest BCUT2D eigenvalue weighted by molar-refractivity contribution is 7.99. The minimum atomic E-state index is -0.393. The molecule has 0 unspecified atom stereocenters. The predicted octanol–water partition coefficient (Wildman–Crippen LogP) is 3.28. The van der Waals surface area contributed by atoms with E-state index in [9.17, 15) is 14.9 Å². The van der Waals surface area contributed by atoms with Gasteiger partial charge in [-0.25, -0.2) is 0 Å². The highest BCUT2D eigenvalue weighted by Crippen LogP contribution is 2.37. The molecule has 0 radical (unpaired) electrons.